The molecule has 0 aromatic rings. The fourth-order valence-corrected chi connectivity index (χ4v) is 3.75. The third kappa shape index (κ3) is 3.48. The molecule has 0 aromatic heterocycles. The van der Waals surface area contributed by atoms with Crippen molar-refractivity contribution in [2.24, 2.45) is 11.8 Å². The van der Waals surface area contributed by atoms with Crippen molar-refractivity contribution >= 4 is 11.9 Å². The van der Waals surface area contributed by atoms with Crippen LogP contribution in [0.2, 0.25) is 0 Å². The van der Waals surface area contributed by atoms with Gasteiger partial charge in [-0.1, -0.05) is 32.6 Å². The fraction of sp³-hybridized carbons (Fsp3) is 0.867. The van der Waals surface area contributed by atoms with Crippen LogP contribution in [0.1, 0.15) is 64.7 Å². The van der Waals surface area contributed by atoms with Gasteiger partial charge in [0.05, 0.1) is 12.0 Å². The molecule has 2 rings (SSSR count). The van der Waals surface area contributed by atoms with E-state index >= 15 is 0 Å². The number of hydrogen-bond acceptors (Lipinski definition) is 2. The number of amides is 1. The number of nitrogens with one attached hydrogen (secondary N) is 1. The molecular weight excluding hydrogens is 242 g/mol. The standard InChI is InChI=1S/C15H25NO3/c1-11-6-5-7-12(11)14(19)16-15(10-13(17)18)8-3-2-4-9-15/h11-12H,2-10H2,1H3,(H,16,19)(H,17,18). The summed E-state index contributed by atoms with van der Waals surface area (Å²) in [6, 6.07) is 0. The molecule has 4 heteroatoms. The Morgan fingerprint density at radius 1 is 1.16 bits per heavy atom. The third-order valence-electron chi connectivity index (χ3n) is 4.89. The van der Waals surface area contributed by atoms with Gasteiger partial charge in [-0.2, -0.15) is 0 Å². The highest BCUT2D eigenvalue weighted by Gasteiger charge is 2.39. The molecule has 1 amide bonds. The first-order valence-corrected chi connectivity index (χ1v) is 7.56. The molecule has 2 saturated carbocycles. The van der Waals surface area contributed by atoms with Crippen molar-refractivity contribution < 1.29 is 14.7 Å². The summed E-state index contributed by atoms with van der Waals surface area (Å²) in [5.41, 5.74) is -0.483. The van der Waals surface area contributed by atoms with Crippen LogP contribution in [0, 0.1) is 11.8 Å². The number of rotatable bonds is 4. The molecule has 2 N–H and O–H groups in total. The van der Waals surface area contributed by atoms with E-state index in [2.05, 4.69) is 12.2 Å². The highest BCUT2D eigenvalue weighted by Crippen LogP contribution is 2.35. The van der Waals surface area contributed by atoms with Gasteiger partial charge in [0.25, 0.3) is 0 Å². The van der Waals surface area contributed by atoms with E-state index < -0.39 is 11.5 Å². The Balaban J connectivity index is 2.02. The quantitative estimate of drug-likeness (QED) is 0.823. The minimum Gasteiger partial charge on any atom is -0.481 e. The lowest BCUT2D eigenvalue weighted by Crippen LogP contribution is -2.53. The summed E-state index contributed by atoms with van der Waals surface area (Å²) in [6.45, 7) is 2.13. The van der Waals surface area contributed by atoms with Crippen LogP contribution < -0.4 is 5.32 Å². The third-order valence-corrected chi connectivity index (χ3v) is 4.89. The number of carbonyl (C=O) groups excluding carboxylic acids is 1. The Kier molecular flexibility index (Phi) is 4.48. The molecule has 0 bridgehead atoms. The summed E-state index contributed by atoms with van der Waals surface area (Å²) in [6.07, 6.45) is 8.07. The van der Waals surface area contributed by atoms with Crippen LogP contribution in [-0.4, -0.2) is 22.5 Å². The monoisotopic (exact) mass is 267 g/mol. The van der Waals surface area contributed by atoms with Crippen molar-refractivity contribution in [2.75, 3.05) is 0 Å². The van der Waals surface area contributed by atoms with Crippen molar-refractivity contribution in [3.8, 4) is 0 Å². The summed E-state index contributed by atoms with van der Waals surface area (Å²) in [4.78, 5) is 23.5. The summed E-state index contributed by atoms with van der Waals surface area (Å²) in [5.74, 6) is -0.187. The van der Waals surface area contributed by atoms with Gasteiger partial charge in [0, 0.05) is 5.92 Å². The van der Waals surface area contributed by atoms with Crippen molar-refractivity contribution in [1.82, 2.24) is 5.32 Å². The Bertz CT molecular complexity index is 347. The number of hydrogen-bond donors (Lipinski definition) is 2. The number of carbonyl (C=O) groups is 2. The van der Waals surface area contributed by atoms with E-state index in [9.17, 15) is 9.59 Å². The maximum absolute atomic E-state index is 12.4. The van der Waals surface area contributed by atoms with Gasteiger partial charge in [0.2, 0.25) is 5.91 Å². The topological polar surface area (TPSA) is 66.4 Å². The van der Waals surface area contributed by atoms with Crippen LogP contribution in [0.4, 0.5) is 0 Å². The number of carboxylic acid groups (broad SMARTS) is 1. The minimum absolute atomic E-state index is 0.0693. The fourth-order valence-electron chi connectivity index (χ4n) is 3.75. The van der Waals surface area contributed by atoms with E-state index in [-0.39, 0.29) is 18.2 Å². The zero-order chi connectivity index (χ0) is 13.9. The van der Waals surface area contributed by atoms with Gasteiger partial charge in [0.15, 0.2) is 0 Å². The Labute approximate surface area is 115 Å². The molecule has 0 radical (unpaired) electrons. The Morgan fingerprint density at radius 3 is 2.37 bits per heavy atom. The van der Waals surface area contributed by atoms with Crippen molar-refractivity contribution in [3.63, 3.8) is 0 Å². The molecule has 0 spiro atoms. The molecule has 4 nitrogen and oxygen atoms in total. The van der Waals surface area contributed by atoms with E-state index in [0.717, 1.165) is 51.4 Å². The highest BCUT2D eigenvalue weighted by molar-refractivity contribution is 5.81. The molecule has 2 unspecified atom stereocenters. The average molecular weight is 267 g/mol. The van der Waals surface area contributed by atoms with E-state index in [1.165, 1.54) is 0 Å². The largest absolute Gasteiger partial charge is 0.481 e. The lowest BCUT2D eigenvalue weighted by molar-refractivity contribution is -0.140. The first-order chi connectivity index (χ1) is 9.02. The zero-order valence-electron chi connectivity index (χ0n) is 11.8. The van der Waals surface area contributed by atoms with Crippen LogP contribution in [-0.2, 0) is 9.59 Å². The molecule has 0 aromatic carbocycles. The summed E-state index contributed by atoms with van der Waals surface area (Å²) in [7, 11) is 0. The van der Waals surface area contributed by atoms with Crippen molar-refractivity contribution in [3.05, 3.63) is 0 Å². The lowest BCUT2D eigenvalue weighted by atomic mass is 9.78. The van der Waals surface area contributed by atoms with Gasteiger partial charge in [-0.05, 0) is 31.6 Å². The van der Waals surface area contributed by atoms with Gasteiger partial charge >= 0.3 is 5.97 Å². The molecule has 2 atom stereocenters. The molecule has 0 aliphatic heterocycles. The maximum atomic E-state index is 12.4. The first kappa shape index (κ1) is 14.4. The SMILES string of the molecule is CC1CCCC1C(=O)NC1(CC(=O)O)CCCCC1. The van der Waals surface area contributed by atoms with Gasteiger partial charge in [-0.3, -0.25) is 9.59 Å². The second-order valence-electron chi connectivity index (χ2n) is 6.42. The average Bonchev–Trinajstić information content (AvgIpc) is 2.75. The summed E-state index contributed by atoms with van der Waals surface area (Å²) < 4.78 is 0. The van der Waals surface area contributed by atoms with E-state index in [1.54, 1.807) is 0 Å². The van der Waals surface area contributed by atoms with Gasteiger partial charge in [-0.15, -0.1) is 0 Å². The summed E-state index contributed by atoms with van der Waals surface area (Å²) in [5, 5.41) is 12.2. The van der Waals surface area contributed by atoms with Crippen molar-refractivity contribution in [1.29, 1.82) is 0 Å². The van der Waals surface area contributed by atoms with E-state index in [1.807, 2.05) is 0 Å². The predicted octanol–water partition coefficient (Wildman–Crippen LogP) is 2.72. The molecule has 0 heterocycles. The normalized spacial score (nSPS) is 29.9. The van der Waals surface area contributed by atoms with Gasteiger partial charge in [-0.25, -0.2) is 0 Å². The van der Waals surface area contributed by atoms with Crippen LogP contribution in [0.3, 0.4) is 0 Å². The zero-order valence-corrected chi connectivity index (χ0v) is 11.8. The molecular formula is C15H25NO3. The smallest absolute Gasteiger partial charge is 0.305 e. The second kappa shape index (κ2) is 5.93. The van der Waals surface area contributed by atoms with Gasteiger partial charge < -0.3 is 10.4 Å². The minimum atomic E-state index is -0.804. The summed E-state index contributed by atoms with van der Waals surface area (Å²) >= 11 is 0. The molecule has 108 valence electrons. The van der Waals surface area contributed by atoms with Gasteiger partial charge in [0.1, 0.15) is 0 Å². The Morgan fingerprint density at radius 2 is 1.84 bits per heavy atom. The van der Waals surface area contributed by atoms with E-state index in [4.69, 9.17) is 5.11 Å². The van der Waals surface area contributed by atoms with Crippen LogP contribution in [0.25, 0.3) is 0 Å². The molecule has 2 aliphatic rings. The predicted molar refractivity (Wildman–Crippen MR) is 72.7 cm³/mol. The Hall–Kier alpha value is -1.06. The number of aliphatic carboxylic acids is 1. The maximum Gasteiger partial charge on any atom is 0.305 e. The van der Waals surface area contributed by atoms with Crippen LogP contribution in [0.5, 0.6) is 0 Å². The lowest BCUT2D eigenvalue weighted by Gasteiger charge is -2.38. The first-order valence-electron chi connectivity index (χ1n) is 7.56. The van der Waals surface area contributed by atoms with Crippen molar-refractivity contribution in [2.45, 2.75) is 70.3 Å². The number of carboxylic acids is 1. The molecule has 19 heavy (non-hydrogen) atoms. The highest BCUT2D eigenvalue weighted by atomic mass is 16.4. The molecule has 2 fully saturated rings. The van der Waals surface area contributed by atoms with E-state index in [0.29, 0.717) is 5.92 Å². The van der Waals surface area contributed by atoms with Crippen LogP contribution >= 0.6 is 0 Å². The molecule has 2 aliphatic carbocycles. The molecule has 0 saturated heterocycles. The van der Waals surface area contributed by atoms with Crippen LogP contribution in [0.15, 0.2) is 0 Å². The second-order valence-corrected chi connectivity index (χ2v) is 6.42.